The van der Waals surface area contributed by atoms with Gasteiger partial charge < -0.3 is 29.5 Å². The molecule has 0 bridgehead atoms. The van der Waals surface area contributed by atoms with Crippen LogP contribution in [0.5, 0.6) is 0 Å². The van der Waals surface area contributed by atoms with E-state index in [1.54, 1.807) is 25.2 Å². The average molecular weight is 629 g/mol. The Labute approximate surface area is 258 Å². The number of H-pyrrole nitrogens is 1. The minimum atomic E-state index is -0.775. The Morgan fingerprint density at radius 2 is 2.07 bits per heavy atom. The van der Waals surface area contributed by atoms with E-state index in [0.29, 0.717) is 54.3 Å². The summed E-state index contributed by atoms with van der Waals surface area (Å²) in [5.74, 6) is -1.48. The van der Waals surface area contributed by atoms with Crippen LogP contribution in [0.3, 0.4) is 0 Å². The smallest absolute Gasteiger partial charge is 0.411 e. The largest absolute Gasteiger partial charge is 0.453 e. The Morgan fingerprint density at radius 3 is 2.80 bits per heavy atom. The molecule has 0 fully saturated rings. The van der Waals surface area contributed by atoms with Gasteiger partial charge in [-0.25, -0.2) is 19.0 Å². The van der Waals surface area contributed by atoms with Gasteiger partial charge in [0.05, 0.1) is 42.5 Å². The molecule has 1 aliphatic rings. The molecule has 1 aliphatic heterocycles. The number of ether oxygens (including phenoxy) is 2. The number of halogens is 2. The molecule has 1 unspecified atom stereocenters. The van der Waals surface area contributed by atoms with Crippen molar-refractivity contribution in [2.24, 2.45) is 0 Å². The summed E-state index contributed by atoms with van der Waals surface area (Å²) in [6.07, 6.45) is 1.30. The molecule has 2 aromatic carbocycles. The van der Waals surface area contributed by atoms with Crippen LogP contribution in [-0.4, -0.2) is 66.6 Å². The van der Waals surface area contributed by atoms with Gasteiger partial charge in [-0.2, -0.15) is 0 Å². The highest BCUT2D eigenvalue weighted by Gasteiger charge is 2.31. The lowest BCUT2D eigenvalue weighted by Gasteiger charge is -2.27. The van der Waals surface area contributed by atoms with Crippen molar-refractivity contribution in [3.05, 3.63) is 58.3 Å². The van der Waals surface area contributed by atoms with Gasteiger partial charge in [-0.05, 0) is 50.1 Å². The second-order valence-corrected chi connectivity index (χ2v) is 10.5. The van der Waals surface area contributed by atoms with Crippen LogP contribution in [0.1, 0.15) is 48.7 Å². The van der Waals surface area contributed by atoms with E-state index in [9.17, 15) is 19.2 Å². The number of hydrogen-bond donors (Lipinski definition) is 4. The molecule has 0 saturated carbocycles. The molecule has 4 N–H and O–H groups in total. The summed E-state index contributed by atoms with van der Waals surface area (Å²) in [5, 5.41) is 8.10. The lowest BCUT2D eigenvalue weighted by atomic mass is 9.98. The van der Waals surface area contributed by atoms with Gasteiger partial charge in [-0.15, -0.1) is 0 Å². The number of aromatic nitrogens is 2. The fourth-order valence-corrected chi connectivity index (χ4v) is 5.18. The van der Waals surface area contributed by atoms with E-state index in [1.165, 1.54) is 24.1 Å². The molecule has 14 heteroatoms. The van der Waals surface area contributed by atoms with Gasteiger partial charge in [-0.1, -0.05) is 18.0 Å². The summed E-state index contributed by atoms with van der Waals surface area (Å²) in [4.78, 5) is 58.6. The number of imidazole rings is 1. The normalized spacial score (nSPS) is 13.8. The summed E-state index contributed by atoms with van der Waals surface area (Å²) in [5.41, 5.74) is 3.40. The number of unbranched alkanes of at least 4 members (excludes halogenated alkanes) is 2. The number of methoxy groups -OCH3 is 1. The number of benzene rings is 2. The number of cyclic esters (lactones) is 1. The van der Waals surface area contributed by atoms with Crippen molar-refractivity contribution in [3.63, 3.8) is 0 Å². The van der Waals surface area contributed by atoms with Crippen molar-refractivity contribution in [2.45, 2.75) is 45.1 Å². The number of fused-ring (bicyclic) bond motifs is 1. The Kier molecular flexibility index (Phi) is 10.8. The number of aryl methyl sites for hydroxylation is 1. The van der Waals surface area contributed by atoms with Crippen molar-refractivity contribution in [1.82, 2.24) is 14.9 Å². The highest BCUT2D eigenvalue weighted by molar-refractivity contribution is 6.31. The maximum Gasteiger partial charge on any atom is 0.411 e. The van der Waals surface area contributed by atoms with Gasteiger partial charge in [-0.3, -0.25) is 15.4 Å². The van der Waals surface area contributed by atoms with Crippen LogP contribution in [-0.2, 0) is 25.6 Å². The zero-order valence-electron chi connectivity index (χ0n) is 24.6. The number of rotatable bonds is 10. The summed E-state index contributed by atoms with van der Waals surface area (Å²) in [6.45, 7) is 1.56. The molecular weight excluding hydrogens is 595 g/mol. The van der Waals surface area contributed by atoms with Gasteiger partial charge in [0.2, 0.25) is 5.91 Å². The van der Waals surface area contributed by atoms with E-state index in [-0.39, 0.29) is 41.9 Å². The Morgan fingerprint density at radius 1 is 1.27 bits per heavy atom. The van der Waals surface area contributed by atoms with Gasteiger partial charge in [0.15, 0.2) is 0 Å². The predicted molar refractivity (Wildman–Crippen MR) is 163 cm³/mol. The number of anilines is 3. The first-order valence-corrected chi connectivity index (χ1v) is 14.4. The number of aromatic amines is 1. The number of carbonyl (C=O) groups is 4. The summed E-state index contributed by atoms with van der Waals surface area (Å²) < 4.78 is 25.1. The third kappa shape index (κ3) is 7.46. The maximum absolute atomic E-state index is 15.2. The van der Waals surface area contributed by atoms with Crippen LogP contribution in [0.15, 0.2) is 30.3 Å². The SMILES string of the molecule is CNc1cc(NC(=O)OC)ccc1-c1nc(C(CCCCC=O)C(=O)N2CCOC(=O)Nc3ccc(Cl)c(F)c3C2)[nH]c1C. The first-order valence-electron chi connectivity index (χ1n) is 14.0. The number of amides is 3. The molecule has 0 saturated heterocycles. The molecule has 3 amide bonds. The van der Waals surface area contributed by atoms with E-state index in [1.807, 2.05) is 6.92 Å². The Balaban J connectivity index is 1.70. The third-order valence-corrected chi connectivity index (χ3v) is 7.55. The summed E-state index contributed by atoms with van der Waals surface area (Å²) in [7, 11) is 3.01. The predicted octanol–water partition coefficient (Wildman–Crippen LogP) is 5.83. The third-order valence-electron chi connectivity index (χ3n) is 7.26. The molecule has 0 radical (unpaired) electrons. The quantitative estimate of drug-likeness (QED) is 0.161. The molecule has 44 heavy (non-hydrogen) atoms. The van der Waals surface area contributed by atoms with Gasteiger partial charge in [0, 0.05) is 41.7 Å². The molecule has 234 valence electrons. The van der Waals surface area contributed by atoms with E-state index >= 15 is 4.39 Å². The van der Waals surface area contributed by atoms with E-state index in [0.717, 1.165) is 11.8 Å². The lowest BCUT2D eigenvalue weighted by molar-refractivity contribution is -0.134. The van der Waals surface area contributed by atoms with Crippen LogP contribution in [0.4, 0.5) is 31.0 Å². The number of hydrogen-bond acceptors (Lipinski definition) is 8. The highest BCUT2D eigenvalue weighted by Crippen LogP contribution is 2.35. The van der Waals surface area contributed by atoms with E-state index < -0.39 is 23.9 Å². The fraction of sp³-hybridized carbons (Fsp3) is 0.367. The molecule has 0 spiro atoms. The van der Waals surface area contributed by atoms with Crippen LogP contribution in [0.25, 0.3) is 11.3 Å². The molecule has 1 aromatic heterocycles. The zero-order chi connectivity index (χ0) is 31.8. The minimum absolute atomic E-state index is 0.00753. The minimum Gasteiger partial charge on any atom is -0.453 e. The van der Waals surface area contributed by atoms with Crippen molar-refractivity contribution in [3.8, 4) is 11.3 Å². The van der Waals surface area contributed by atoms with Crippen LogP contribution in [0.2, 0.25) is 5.02 Å². The molecule has 1 atom stereocenters. The topological polar surface area (TPSA) is 155 Å². The second-order valence-electron chi connectivity index (χ2n) is 10.1. The summed E-state index contributed by atoms with van der Waals surface area (Å²) in [6, 6.07) is 8.01. The van der Waals surface area contributed by atoms with Gasteiger partial charge in [0.25, 0.3) is 0 Å². The van der Waals surface area contributed by atoms with Gasteiger partial charge >= 0.3 is 12.2 Å². The molecule has 3 aromatic rings. The number of aldehydes is 1. The second kappa shape index (κ2) is 14.7. The van der Waals surface area contributed by atoms with E-state index in [4.69, 9.17) is 21.3 Å². The Hall–Kier alpha value is -4.65. The van der Waals surface area contributed by atoms with Gasteiger partial charge in [0.1, 0.15) is 24.5 Å². The number of nitrogens with zero attached hydrogens (tertiary/aromatic N) is 2. The zero-order valence-corrected chi connectivity index (χ0v) is 25.3. The van der Waals surface area contributed by atoms with E-state index in [2.05, 4.69) is 25.7 Å². The molecular formula is C30H34ClFN6O6. The first-order chi connectivity index (χ1) is 21.2. The van der Waals surface area contributed by atoms with Crippen molar-refractivity contribution in [1.29, 1.82) is 0 Å². The fourth-order valence-electron chi connectivity index (χ4n) is 5.01. The first kappa shape index (κ1) is 32.3. The van der Waals surface area contributed by atoms with Crippen LogP contribution < -0.4 is 16.0 Å². The molecule has 2 heterocycles. The number of carbonyl (C=O) groups excluding carboxylic acids is 4. The molecule has 0 aliphatic carbocycles. The van der Waals surface area contributed by atoms with Crippen LogP contribution in [0, 0.1) is 12.7 Å². The Bertz CT molecular complexity index is 1550. The van der Waals surface area contributed by atoms with Crippen molar-refractivity contribution >= 4 is 53.0 Å². The van der Waals surface area contributed by atoms with Crippen LogP contribution >= 0.6 is 11.6 Å². The average Bonchev–Trinajstić information content (AvgIpc) is 3.42. The molecule has 12 nitrogen and oxygen atoms in total. The lowest BCUT2D eigenvalue weighted by Crippen LogP contribution is -2.37. The molecule has 4 rings (SSSR count). The highest BCUT2D eigenvalue weighted by atomic mass is 35.5. The van der Waals surface area contributed by atoms with Crippen molar-refractivity contribution in [2.75, 3.05) is 43.3 Å². The van der Waals surface area contributed by atoms with Crippen molar-refractivity contribution < 1.29 is 33.0 Å². The monoisotopic (exact) mass is 628 g/mol. The summed E-state index contributed by atoms with van der Waals surface area (Å²) >= 11 is 6.05. The maximum atomic E-state index is 15.2. The number of nitrogens with one attached hydrogen (secondary N) is 4. The standard InChI is InChI=1S/C30H34ClFN6O6/c1-17-26(19-9-8-18(15-24(19)33-2)35-29(41)43-3)37-27(34-17)20(7-5-4-6-13-39)28(40)38-12-14-44-30(42)36-23-11-10-22(31)25(32)21(23)16-38/h8-11,13,15,20,33H,4-7,12,14,16H2,1-3H3,(H,34,37)(H,35,41)(H,36,42).